The molecule has 0 aliphatic carbocycles. The van der Waals surface area contributed by atoms with Crippen molar-refractivity contribution in [2.45, 2.75) is 0 Å². The molecule has 0 saturated heterocycles. The van der Waals surface area contributed by atoms with Crippen LogP contribution in [0.2, 0.25) is 0 Å². The van der Waals surface area contributed by atoms with Crippen LogP contribution >= 0.6 is 31.9 Å². The van der Waals surface area contributed by atoms with E-state index in [0.29, 0.717) is 4.47 Å². The van der Waals surface area contributed by atoms with Crippen molar-refractivity contribution < 1.29 is 19.4 Å². The lowest BCUT2D eigenvalue weighted by Crippen LogP contribution is -2.12. The normalized spacial score (nSPS) is 9.73. The zero-order valence-electron chi connectivity index (χ0n) is 7.37. The number of esters is 1. The Kier molecular flexibility index (Phi) is 4.28. The Morgan fingerprint density at radius 2 is 2.07 bits per heavy atom. The first-order chi connectivity index (χ1) is 7.06. The van der Waals surface area contributed by atoms with E-state index >= 15 is 0 Å². The van der Waals surface area contributed by atoms with Crippen molar-refractivity contribution >= 4 is 43.8 Å². The van der Waals surface area contributed by atoms with Gasteiger partial charge in [-0.15, -0.1) is 0 Å². The molecule has 1 N–H and O–H groups in total. The van der Waals surface area contributed by atoms with Crippen molar-refractivity contribution in [2.24, 2.45) is 0 Å². The van der Waals surface area contributed by atoms with E-state index < -0.39 is 11.9 Å². The van der Waals surface area contributed by atoms with Gasteiger partial charge in [0, 0.05) is 0 Å². The lowest BCUT2D eigenvalue weighted by molar-refractivity contribution is -0.131. The summed E-state index contributed by atoms with van der Waals surface area (Å²) in [6, 6.07) is 4.52. The summed E-state index contributed by atoms with van der Waals surface area (Å²) in [5, 5.41) is 8.86. The van der Waals surface area contributed by atoms with E-state index in [1.165, 1.54) is 6.07 Å². The van der Waals surface area contributed by atoms with E-state index in [4.69, 9.17) is 9.84 Å². The molecule has 0 spiro atoms. The first kappa shape index (κ1) is 12.2. The Balaban J connectivity index is 3.13. The van der Waals surface area contributed by atoms with Crippen molar-refractivity contribution in [3.8, 4) is 5.75 Å². The maximum Gasteiger partial charge on any atom is 0.339 e. The molecule has 1 rings (SSSR count). The van der Waals surface area contributed by atoms with E-state index in [1.807, 2.05) is 0 Å². The number of halogens is 2. The summed E-state index contributed by atoms with van der Waals surface area (Å²) in [6.07, 6.45) is 0. The predicted molar refractivity (Wildman–Crippen MR) is 60.5 cm³/mol. The first-order valence-electron chi connectivity index (χ1n) is 3.84. The fraction of sp³-hybridized carbons (Fsp3) is 0.111. The van der Waals surface area contributed by atoms with Crippen LogP contribution in [0.3, 0.4) is 0 Å². The highest BCUT2D eigenvalue weighted by Gasteiger charge is 2.16. The average Bonchev–Trinajstić information content (AvgIpc) is 2.20. The molecule has 0 amide bonds. The lowest BCUT2D eigenvalue weighted by atomic mass is 10.2. The second kappa shape index (κ2) is 5.27. The quantitative estimate of drug-likeness (QED) is 0.522. The van der Waals surface area contributed by atoms with Gasteiger partial charge < -0.3 is 9.84 Å². The minimum absolute atomic E-state index is 0.00733. The Morgan fingerprint density at radius 3 is 2.60 bits per heavy atom. The van der Waals surface area contributed by atoms with Gasteiger partial charge in [-0.25, -0.2) is 4.79 Å². The van der Waals surface area contributed by atoms with Crippen LogP contribution in [-0.2, 0) is 4.79 Å². The van der Waals surface area contributed by atoms with Crippen LogP contribution < -0.4 is 4.74 Å². The smallest absolute Gasteiger partial charge is 0.339 e. The predicted octanol–water partition coefficient (Wildman–Crippen LogP) is 2.45. The molecule has 0 aromatic heterocycles. The fourth-order valence-electron chi connectivity index (χ4n) is 0.922. The molecule has 4 nitrogen and oxygen atoms in total. The van der Waals surface area contributed by atoms with Gasteiger partial charge in [-0.2, -0.15) is 0 Å². The topological polar surface area (TPSA) is 63.6 Å². The highest BCUT2D eigenvalue weighted by atomic mass is 79.9. The molecule has 6 heteroatoms. The van der Waals surface area contributed by atoms with E-state index in [-0.39, 0.29) is 16.6 Å². The van der Waals surface area contributed by atoms with Crippen LogP contribution in [0.15, 0.2) is 22.7 Å². The number of ether oxygens (including phenoxy) is 1. The van der Waals surface area contributed by atoms with E-state index in [2.05, 4.69) is 31.9 Å². The molecular formula is C9H6Br2O4. The molecule has 0 atom stereocenters. The molecule has 0 fully saturated rings. The van der Waals surface area contributed by atoms with Crippen molar-refractivity contribution in [3.63, 3.8) is 0 Å². The van der Waals surface area contributed by atoms with Gasteiger partial charge in [-0.05, 0) is 28.1 Å². The van der Waals surface area contributed by atoms with Crippen molar-refractivity contribution in [3.05, 3.63) is 28.2 Å². The summed E-state index contributed by atoms with van der Waals surface area (Å²) in [7, 11) is 0. The average molecular weight is 338 g/mol. The van der Waals surface area contributed by atoms with Crippen LogP contribution in [0.4, 0.5) is 0 Å². The third-order valence-corrected chi connectivity index (χ3v) is 2.60. The molecule has 0 aliphatic rings. The number of rotatable bonds is 3. The van der Waals surface area contributed by atoms with Gasteiger partial charge >= 0.3 is 11.9 Å². The Hall–Kier alpha value is -0.880. The number of para-hydroxylation sites is 1. The van der Waals surface area contributed by atoms with Crippen LogP contribution in [0, 0.1) is 0 Å². The Morgan fingerprint density at radius 1 is 1.40 bits per heavy atom. The Bertz CT molecular complexity index is 403. The highest BCUT2D eigenvalue weighted by molar-refractivity contribution is 9.10. The number of alkyl halides is 1. The highest BCUT2D eigenvalue weighted by Crippen LogP contribution is 2.29. The van der Waals surface area contributed by atoms with Crippen LogP contribution in [-0.4, -0.2) is 22.4 Å². The van der Waals surface area contributed by atoms with Gasteiger partial charge in [0.25, 0.3) is 0 Å². The number of benzene rings is 1. The van der Waals surface area contributed by atoms with Crippen LogP contribution in [0.1, 0.15) is 10.4 Å². The third-order valence-electron chi connectivity index (χ3n) is 1.52. The summed E-state index contributed by atoms with van der Waals surface area (Å²) in [6.45, 7) is 0. The van der Waals surface area contributed by atoms with Gasteiger partial charge in [0.1, 0.15) is 10.9 Å². The number of aromatic carboxylic acids is 1. The third kappa shape index (κ3) is 3.04. The summed E-state index contributed by atoms with van der Waals surface area (Å²) in [4.78, 5) is 21.8. The molecule has 15 heavy (non-hydrogen) atoms. The van der Waals surface area contributed by atoms with Gasteiger partial charge in [-0.3, -0.25) is 4.79 Å². The molecule has 0 bridgehead atoms. The molecule has 0 saturated carbocycles. The van der Waals surface area contributed by atoms with Gasteiger partial charge in [0.15, 0.2) is 5.75 Å². The number of carbonyl (C=O) groups is 2. The Labute approximate surface area is 102 Å². The summed E-state index contributed by atoms with van der Waals surface area (Å²) in [5.41, 5.74) is -0.0568. The molecule has 0 unspecified atom stereocenters. The number of hydrogen-bond donors (Lipinski definition) is 1. The van der Waals surface area contributed by atoms with E-state index in [1.54, 1.807) is 12.1 Å². The minimum Gasteiger partial charge on any atom is -0.478 e. The second-order valence-corrected chi connectivity index (χ2v) is 3.94. The molecule has 0 heterocycles. The minimum atomic E-state index is -1.14. The molecule has 1 aromatic rings. The van der Waals surface area contributed by atoms with Crippen LogP contribution in [0.5, 0.6) is 5.75 Å². The zero-order valence-corrected chi connectivity index (χ0v) is 10.5. The van der Waals surface area contributed by atoms with Crippen molar-refractivity contribution in [1.82, 2.24) is 0 Å². The van der Waals surface area contributed by atoms with E-state index in [0.717, 1.165) is 0 Å². The van der Waals surface area contributed by atoms with Gasteiger partial charge in [0.2, 0.25) is 0 Å². The monoisotopic (exact) mass is 336 g/mol. The molecule has 0 radical (unpaired) electrons. The number of carboxylic acids is 1. The fourth-order valence-corrected chi connectivity index (χ4v) is 1.48. The molecular weight excluding hydrogens is 332 g/mol. The molecule has 0 aliphatic heterocycles. The maximum absolute atomic E-state index is 11.0. The largest absolute Gasteiger partial charge is 0.478 e. The lowest BCUT2D eigenvalue weighted by Gasteiger charge is -2.07. The van der Waals surface area contributed by atoms with E-state index in [9.17, 15) is 9.59 Å². The maximum atomic E-state index is 11.0. The first-order valence-corrected chi connectivity index (χ1v) is 5.76. The van der Waals surface area contributed by atoms with Crippen LogP contribution in [0.25, 0.3) is 0 Å². The number of carboxylic acid groups (broad SMARTS) is 1. The molecule has 80 valence electrons. The van der Waals surface area contributed by atoms with Gasteiger partial charge in [-0.1, -0.05) is 22.0 Å². The van der Waals surface area contributed by atoms with Crippen molar-refractivity contribution in [2.75, 3.05) is 5.33 Å². The second-order valence-electron chi connectivity index (χ2n) is 2.53. The van der Waals surface area contributed by atoms with Crippen molar-refractivity contribution in [1.29, 1.82) is 0 Å². The zero-order chi connectivity index (χ0) is 11.4. The van der Waals surface area contributed by atoms with Gasteiger partial charge in [0.05, 0.1) is 4.47 Å². The standard InChI is InChI=1S/C9H6Br2O4/c10-4-7(12)15-8-5(9(13)14)2-1-3-6(8)11/h1-3H,4H2,(H,13,14). The SMILES string of the molecule is O=C(CBr)Oc1c(Br)cccc1C(=O)O. The summed E-state index contributed by atoms with van der Waals surface area (Å²) < 4.78 is 5.30. The summed E-state index contributed by atoms with van der Waals surface area (Å²) >= 11 is 6.04. The number of carbonyl (C=O) groups excluding carboxylic acids is 1. The summed E-state index contributed by atoms with van der Waals surface area (Å²) in [5.74, 6) is -1.67. The molecule has 1 aromatic carbocycles. The number of hydrogen-bond acceptors (Lipinski definition) is 3.